The van der Waals surface area contributed by atoms with Crippen molar-refractivity contribution in [2.45, 2.75) is 19.9 Å². The van der Waals surface area contributed by atoms with E-state index in [9.17, 15) is 18.8 Å². The van der Waals surface area contributed by atoms with Gasteiger partial charge in [0.15, 0.2) is 0 Å². The second kappa shape index (κ2) is 5.92. The third kappa shape index (κ3) is 2.87. The Balaban J connectivity index is 2.20. The summed E-state index contributed by atoms with van der Waals surface area (Å²) in [6, 6.07) is 5.81. The van der Waals surface area contributed by atoms with Crippen LogP contribution in [0.5, 0.6) is 0 Å². The van der Waals surface area contributed by atoms with Crippen molar-refractivity contribution in [2.24, 2.45) is 0 Å². The molecule has 0 amide bonds. The van der Waals surface area contributed by atoms with Crippen LogP contribution in [0.15, 0.2) is 39.2 Å². The Morgan fingerprint density at radius 1 is 1.26 bits per heavy atom. The lowest BCUT2D eigenvalue weighted by atomic mass is 10.1. The van der Waals surface area contributed by atoms with Crippen LogP contribution < -0.4 is 11.2 Å². The van der Waals surface area contributed by atoms with Gasteiger partial charge in [0.2, 0.25) is 0 Å². The van der Waals surface area contributed by atoms with Gasteiger partial charge in [0.1, 0.15) is 16.4 Å². The van der Waals surface area contributed by atoms with Crippen LogP contribution >= 0.6 is 11.3 Å². The van der Waals surface area contributed by atoms with Gasteiger partial charge in [0.05, 0.1) is 5.39 Å². The van der Waals surface area contributed by atoms with Gasteiger partial charge in [-0.3, -0.25) is 19.1 Å². The maximum atomic E-state index is 13.1. The number of H-pyrrole nitrogens is 1. The number of hydrogen-bond donors (Lipinski definition) is 1. The summed E-state index contributed by atoms with van der Waals surface area (Å²) in [6.07, 6.45) is 0.116. The third-order valence-corrected chi connectivity index (χ3v) is 4.45. The fourth-order valence-corrected chi connectivity index (χ4v) is 3.32. The number of fused-ring (bicyclic) bond motifs is 1. The van der Waals surface area contributed by atoms with Crippen molar-refractivity contribution in [1.29, 1.82) is 0 Å². The van der Waals surface area contributed by atoms with Crippen LogP contribution in [0.25, 0.3) is 21.3 Å². The van der Waals surface area contributed by atoms with Crippen LogP contribution in [0.2, 0.25) is 0 Å². The summed E-state index contributed by atoms with van der Waals surface area (Å²) < 4.78 is 14.1. The highest BCUT2D eigenvalue weighted by Crippen LogP contribution is 2.30. The molecule has 0 saturated heterocycles. The first-order valence-electron chi connectivity index (χ1n) is 6.97. The quantitative estimate of drug-likeness (QED) is 0.798. The third-order valence-electron chi connectivity index (χ3n) is 3.56. The van der Waals surface area contributed by atoms with E-state index >= 15 is 0 Å². The lowest BCUT2D eigenvalue weighted by molar-refractivity contribution is -0.117. The van der Waals surface area contributed by atoms with Crippen LogP contribution in [-0.4, -0.2) is 15.3 Å². The molecule has 7 heteroatoms. The van der Waals surface area contributed by atoms with Gasteiger partial charge in [-0.15, -0.1) is 11.3 Å². The molecule has 1 aromatic carbocycles. The average Bonchev–Trinajstić information content (AvgIpc) is 2.91. The first kappa shape index (κ1) is 15.4. The van der Waals surface area contributed by atoms with Gasteiger partial charge in [-0.05, 0) is 24.6 Å². The molecule has 2 heterocycles. The molecule has 1 N–H and O–H groups in total. The van der Waals surface area contributed by atoms with Crippen molar-refractivity contribution < 1.29 is 9.18 Å². The fraction of sp³-hybridized carbons (Fsp3) is 0.188. The van der Waals surface area contributed by atoms with E-state index in [2.05, 4.69) is 4.98 Å². The van der Waals surface area contributed by atoms with E-state index in [-0.39, 0.29) is 24.6 Å². The molecule has 0 radical (unpaired) electrons. The Morgan fingerprint density at radius 3 is 2.61 bits per heavy atom. The topological polar surface area (TPSA) is 71.9 Å². The minimum atomic E-state index is -0.531. The molecule has 0 atom stereocenters. The summed E-state index contributed by atoms with van der Waals surface area (Å²) in [4.78, 5) is 38.9. The number of ketones is 1. The maximum absolute atomic E-state index is 13.1. The van der Waals surface area contributed by atoms with Gasteiger partial charge in [-0.1, -0.05) is 12.1 Å². The van der Waals surface area contributed by atoms with Crippen molar-refractivity contribution in [1.82, 2.24) is 9.55 Å². The van der Waals surface area contributed by atoms with Crippen molar-refractivity contribution in [3.63, 3.8) is 0 Å². The number of halogens is 1. The summed E-state index contributed by atoms with van der Waals surface area (Å²) in [5.41, 5.74) is 0.365. The SMILES string of the molecule is CC(=O)CCn1c(=O)[nH]c2scc(-c3ccc(F)cc3)c2c1=O. The number of nitrogens with one attached hydrogen (secondary N) is 1. The lowest BCUT2D eigenvalue weighted by Gasteiger charge is -2.04. The molecule has 0 aliphatic carbocycles. The number of aromatic nitrogens is 2. The van der Waals surface area contributed by atoms with Crippen molar-refractivity contribution >= 4 is 27.3 Å². The normalized spacial score (nSPS) is 11.0. The van der Waals surface area contributed by atoms with Gasteiger partial charge in [-0.25, -0.2) is 9.18 Å². The Bertz CT molecular complexity index is 999. The smallest absolute Gasteiger partial charge is 0.300 e. The highest BCUT2D eigenvalue weighted by atomic mass is 32.1. The van der Waals surface area contributed by atoms with Gasteiger partial charge in [-0.2, -0.15) is 0 Å². The number of hydrogen-bond acceptors (Lipinski definition) is 4. The zero-order valence-electron chi connectivity index (χ0n) is 12.3. The Kier molecular flexibility index (Phi) is 3.96. The molecule has 0 fully saturated rings. The zero-order chi connectivity index (χ0) is 16.6. The number of thiophene rings is 1. The number of carbonyl (C=O) groups is 1. The average molecular weight is 332 g/mol. The van der Waals surface area contributed by atoms with Crippen molar-refractivity contribution in [2.75, 3.05) is 0 Å². The standard InChI is InChI=1S/C16H13FN2O3S/c1-9(20)6-7-19-15(21)13-12(8-23-14(13)18-16(19)22)10-2-4-11(17)5-3-10/h2-5,8H,6-7H2,1H3,(H,18,22). The largest absolute Gasteiger partial charge is 0.329 e. The molecule has 0 unspecified atom stereocenters. The number of nitrogens with zero attached hydrogens (tertiary/aromatic N) is 1. The van der Waals surface area contributed by atoms with Crippen LogP contribution in [-0.2, 0) is 11.3 Å². The molecule has 0 saturated carbocycles. The summed E-state index contributed by atoms with van der Waals surface area (Å²) in [5.74, 6) is -0.457. The summed E-state index contributed by atoms with van der Waals surface area (Å²) >= 11 is 1.24. The highest BCUT2D eigenvalue weighted by Gasteiger charge is 2.15. The predicted molar refractivity (Wildman–Crippen MR) is 87.4 cm³/mol. The fourth-order valence-electron chi connectivity index (χ4n) is 2.37. The van der Waals surface area contributed by atoms with E-state index in [4.69, 9.17) is 0 Å². The molecule has 3 rings (SSSR count). The van der Waals surface area contributed by atoms with Crippen molar-refractivity contribution in [3.8, 4) is 11.1 Å². The Labute approximate surface area is 134 Å². The number of benzene rings is 1. The highest BCUT2D eigenvalue weighted by molar-refractivity contribution is 7.17. The van der Waals surface area contributed by atoms with E-state index in [1.54, 1.807) is 17.5 Å². The van der Waals surface area contributed by atoms with Crippen LogP contribution in [0.4, 0.5) is 4.39 Å². The van der Waals surface area contributed by atoms with Crippen LogP contribution in [0.3, 0.4) is 0 Å². The van der Waals surface area contributed by atoms with Gasteiger partial charge < -0.3 is 0 Å². The number of rotatable bonds is 4. The maximum Gasteiger partial charge on any atom is 0.329 e. The molecular formula is C16H13FN2O3S. The molecular weight excluding hydrogens is 319 g/mol. The monoisotopic (exact) mass is 332 g/mol. The number of carbonyl (C=O) groups excluding carboxylic acids is 1. The van der Waals surface area contributed by atoms with E-state index in [0.29, 0.717) is 21.3 Å². The number of Topliss-reactive ketones (excluding diaryl/α,β-unsaturated/α-hetero) is 1. The first-order chi connectivity index (χ1) is 11.0. The summed E-state index contributed by atoms with van der Waals surface area (Å²) in [7, 11) is 0. The minimum absolute atomic E-state index is 0.0398. The molecule has 2 aromatic heterocycles. The molecule has 0 aliphatic heterocycles. The van der Waals surface area contributed by atoms with Crippen LogP contribution in [0, 0.1) is 5.82 Å². The molecule has 0 spiro atoms. The first-order valence-corrected chi connectivity index (χ1v) is 7.85. The van der Waals surface area contributed by atoms with Gasteiger partial charge in [0, 0.05) is 23.9 Å². The van der Waals surface area contributed by atoms with E-state index in [1.165, 1.54) is 30.4 Å². The number of aromatic amines is 1. The van der Waals surface area contributed by atoms with Gasteiger partial charge in [0.25, 0.3) is 5.56 Å². The second-order valence-electron chi connectivity index (χ2n) is 5.20. The zero-order valence-corrected chi connectivity index (χ0v) is 13.1. The Hall–Kier alpha value is -2.54. The second-order valence-corrected chi connectivity index (χ2v) is 6.08. The molecule has 0 bridgehead atoms. The molecule has 0 aliphatic rings. The summed E-state index contributed by atoms with van der Waals surface area (Å²) in [6.45, 7) is 1.45. The molecule has 118 valence electrons. The van der Waals surface area contributed by atoms with E-state index < -0.39 is 11.2 Å². The minimum Gasteiger partial charge on any atom is -0.300 e. The predicted octanol–water partition coefficient (Wildman–Crippen LogP) is 2.54. The lowest BCUT2D eigenvalue weighted by Crippen LogP contribution is -2.35. The molecule has 5 nitrogen and oxygen atoms in total. The molecule has 3 aromatic rings. The van der Waals surface area contributed by atoms with Crippen molar-refractivity contribution in [3.05, 3.63) is 56.3 Å². The van der Waals surface area contributed by atoms with E-state index in [1.807, 2.05) is 0 Å². The van der Waals surface area contributed by atoms with E-state index in [0.717, 1.165) is 4.57 Å². The van der Waals surface area contributed by atoms with Crippen LogP contribution in [0.1, 0.15) is 13.3 Å². The van der Waals surface area contributed by atoms with Gasteiger partial charge >= 0.3 is 5.69 Å². The Morgan fingerprint density at radius 2 is 1.96 bits per heavy atom. The summed E-state index contributed by atoms with van der Waals surface area (Å²) in [5, 5.41) is 2.13. The molecule has 23 heavy (non-hydrogen) atoms.